The Hall–Kier alpha value is -0.540. The topological polar surface area (TPSA) is 29.1 Å². The van der Waals surface area contributed by atoms with Crippen LogP contribution in [0.15, 0.2) is 12.1 Å². The van der Waals surface area contributed by atoms with E-state index in [2.05, 4.69) is 5.32 Å². The van der Waals surface area contributed by atoms with Gasteiger partial charge in [0.25, 0.3) is 5.91 Å². The van der Waals surface area contributed by atoms with Crippen LogP contribution >= 0.6 is 22.9 Å². The van der Waals surface area contributed by atoms with Crippen molar-refractivity contribution >= 4 is 28.8 Å². The maximum atomic E-state index is 12.3. The third-order valence-electron chi connectivity index (χ3n) is 5.32. The zero-order valence-electron chi connectivity index (χ0n) is 10.8. The van der Waals surface area contributed by atoms with Crippen molar-refractivity contribution in [3.05, 3.63) is 21.3 Å². The van der Waals surface area contributed by atoms with Crippen molar-refractivity contribution < 1.29 is 4.79 Å². The van der Waals surface area contributed by atoms with Gasteiger partial charge in [-0.2, -0.15) is 0 Å². The van der Waals surface area contributed by atoms with Crippen molar-refractivity contribution in [2.75, 3.05) is 0 Å². The Labute approximate surface area is 122 Å². The lowest BCUT2D eigenvalue weighted by Gasteiger charge is -2.54. The van der Waals surface area contributed by atoms with Crippen LogP contribution < -0.4 is 5.32 Å². The molecule has 0 aromatic carbocycles. The average Bonchev–Trinajstić information content (AvgIpc) is 2.79. The minimum absolute atomic E-state index is 0.0781. The van der Waals surface area contributed by atoms with Gasteiger partial charge in [0.15, 0.2) is 0 Å². The first-order valence-electron chi connectivity index (χ1n) is 7.25. The normalized spacial score (nSPS) is 39.5. The van der Waals surface area contributed by atoms with Crippen molar-refractivity contribution in [2.24, 2.45) is 23.7 Å². The molecule has 1 heterocycles. The van der Waals surface area contributed by atoms with Gasteiger partial charge < -0.3 is 5.32 Å². The Kier molecular flexibility index (Phi) is 2.89. The summed E-state index contributed by atoms with van der Waals surface area (Å²) in [5, 5.41) is 3.30. The minimum Gasteiger partial charge on any atom is -0.348 e. The van der Waals surface area contributed by atoms with Gasteiger partial charge in [-0.25, -0.2) is 0 Å². The van der Waals surface area contributed by atoms with E-state index in [4.69, 9.17) is 11.6 Å². The summed E-state index contributed by atoms with van der Waals surface area (Å²) in [4.78, 5) is 13.0. The standard InChI is InChI=1S/C15H18ClNOS/c16-13-2-1-12(19-13)15(18)17-14-10-4-8-3-9(6-10)7-11(14)5-8/h1-2,8-11,14H,3-7H2,(H,17,18). The molecule has 0 saturated heterocycles. The van der Waals surface area contributed by atoms with E-state index in [0.29, 0.717) is 10.4 Å². The van der Waals surface area contributed by atoms with Crippen LogP contribution in [-0.4, -0.2) is 11.9 Å². The molecule has 4 bridgehead atoms. The molecule has 0 spiro atoms. The molecule has 0 radical (unpaired) electrons. The van der Waals surface area contributed by atoms with Gasteiger partial charge in [-0.1, -0.05) is 11.6 Å². The number of nitrogens with one attached hydrogen (secondary N) is 1. The van der Waals surface area contributed by atoms with Gasteiger partial charge in [0.2, 0.25) is 0 Å². The van der Waals surface area contributed by atoms with Crippen LogP contribution in [0.25, 0.3) is 0 Å². The molecule has 1 aromatic heterocycles. The molecule has 1 amide bonds. The van der Waals surface area contributed by atoms with Crippen molar-refractivity contribution in [3.63, 3.8) is 0 Å². The molecule has 1 aromatic rings. The van der Waals surface area contributed by atoms with E-state index in [0.717, 1.165) is 28.5 Å². The zero-order valence-corrected chi connectivity index (χ0v) is 12.3. The van der Waals surface area contributed by atoms with Crippen LogP contribution in [0.4, 0.5) is 0 Å². The van der Waals surface area contributed by atoms with Crippen molar-refractivity contribution in [1.29, 1.82) is 0 Å². The largest absolute Gasteiger partial charge is 0.348 e. The Morgan fingerprint density at radius 3 is 2.26 bits per heavy atom. The second-order valence-electron chi connectivity index (χ2n) is 6.53. The predicted molar refractivity (Wildman–Crippen MR) is 77.6 cm³/mol. The van der Waals surface area contributed by atoms with Crippen LogP contribution in [0.1, 0.15) is 41.8 Å². The highest BCUT2D eigenvalue weighted by atomic mass is 35.5. The monoisotopic (exact) mass is 295 g/mol. The SMILES string of the molecule is O=C(NC1C2CC3CC(C2)CC1C3)c1ccc(Cl)s1. The van der Waals surface area contributed by atoms with Gasteiger partial charge >= 0.3 is 0 Å². The number of rotatable bonds is 2. The molecule has 4 aliphatic rings. The van der Waals surface area contributed by atoms with Gasteiger partial charge in [0.05, 0.1) is 9.21 Å². The van der Waals surface area contributed by atoms with Crippen molar-refractivity contribution in [1.82, 2.24) is 5.32 Å². The number of thiophene rings is 1. The summed E-state index contributed by atoms with van der Waals surface area (Å²) in [5.41, 5.74) is 0. The Bertz CT molecular complexity index is 484. The average molecular weight is 296 g/mol. The molecule has 2 nitrogen and oxygen atoms in total. The van der Waals surface area contributed by atoms with E-state index in [1.807, 2.05) is 6.07 Å². The summed E-state index contributed by atoms with van der Waals surface area (Å²) in [6.45, 7) is 0. The third kappa shape index (κ3) is 2.11. The first kappa shape index (κ1) is 12.2. The van der Waals surface area contributed by atoms with E-state index in [1.54, 1.807) is 6.07 Å². The summed E-state index contributed by atoms with van der Waals surface area (Å²) >= 11 is 7.28. The van der Waals surface area contributed by atoms with E-state index >= 15 is 0 Å². The van der Waals surface area contributed by atoms with E-state index in [-0.39, 0.29) is 5.91 Å². The molecule has 19 heavy (non-hydrogen) atoms. The molecule has 0 unspecified atom stereocenters. The molecular formula is C15H18ClNOS. The Morgan fingerprint density at radius 1 is 1.11 bits per heavy atom. The molecule has 4 heteroatoms. The number of halogens is 1. The molecule has 0 aliphatic heterocycles. The smallest absolute Gasteiger partial charge is 0.261 e. The van der Waals surface area contributed by atoms with E-state index < -0.39 is 0 Å². The number of amides is 1. The molecule has 4 saturated carbocycles. The van der Waals surface area contributed by atoms with E-state index in [9.17, 15) is 4.79 Å². The van der Waals surface area contributed by atoms with Crippen LogP contribution in [-0.2, 0) is 0 Å². The highest BCUT2D eigenvalue weighted by molar-refractivity contribution is 7.17. The van der Waals surface area contributed by atoms with Gasteiger partial charge in [-0.15, -0.1) is 11.3 Å². The molecule has 0 atom stereocenters. The summed E-state index contributed by atoms with van der Waals surface area (Å²) in [7, 11) is 0. The van der Waals surface area contributed by atoms with Gasteiger partial charge in [-0.05, 0) is 67.9 Å². The fourth-order valence-electron chi connectivity index (χ4n) is 4.82. The lowest BCUT2D eigenvalue weighted by molar-refractivity contribution is -0.0119. The molecule has 4 aliphatic carbocycles. The quantitative estimate of drug-likeness (QED) is 0.879. The fourth-order valence-corrected chi connectivity index (χ4v) is 5.77. The second kappa shape index (κ2) is 4.49. The highest BCUT2D eigenvalue weighted by Gasteiger charge is 2.48. The lowest BCUT2D eigenvalue weighted by atomic mass is 9.54. The Balaban J connectivity index is 1.49. The van der Waals surface area contributed by atoms with Crippen LogP contribution in [0, 0.1) is 23.7 Å². The van der Waals surface area contributed by atoms with E-state index in [1.165, 1.54) is 43.4 Å². The number of hydrogen-bond donors (Lipinski definition) is 1. The van der Waals surface area contributed by atoms with Crippen LogP contribution in [0.5, 0.6) is 0 Å². The number of carbonyl (C=O) groups is 1. The van der Waals surface area contributed by atoms with Crippen molar-refractivity contribution in [3.8, 4) is 0 Å². The maximum absolute atomic E-state index is 12.3. The summed E-state index contributed by atoms with van der Waals surface area (Å²) in [5.74, 6) is 3.44. The first-order valence-corrected chi connectivity index (χ1v) is 8.44. The lowest BCUT2D eigenvalue weighted by Crippen LogP contribution is -2.55. The highest BCUT2D eigenvalue weighted by Crippen LogP contribution is 2.53. The van der Waals surface area contributed by atoms with Gasteiger partial charge in [-0.3, -0.25) is 4.79 Å². The number of hydrogen-bond acceptors (Lipinski definition) is 2. The van der Waals surface area contributed by atoms with Crippen LogP contribution in [0.2, 0.25) is 4.34 Å². The fraction of sp³-hybridized carbons (Fsp3) is 0.667. The molecule has 1 N–H and O–H groups in total. The third-order valence-corrected chi connectivity index (χ3v) is 6.55. The van der Waals surface area contributed by atoms with Crippen LogP contribution in [0.3, 0.4) is 0 Å². The summed E-state index contributed by atoms with van der Waals surface area (Å²) in [6, 6.07) is 4.05. The molecule has 4 fully saturated rings. The van der Waals surface area contributed by atoms with Gasteiger partial charge in [0, 0.05) is 6.04 Å². The predicted octanol–water partition coefficient (Wildman–Crippen LogP) is 3.96. The van der Waals surface area contributed by atoms with Crippen molar-refractivity contribution in [2.45, 2.75) is 38.1 Å². The molecule has 5 rings (SSSR count). The first-order chi connectivity index (χ1) is 9.19. The zero-order chi connectivity index (χ0) is 13.0. The summed E-state index contributed by atoms with van der Waals surface area (Å²) in [6.07, 6.45) is 6.80. The van der Waals surface area contributed by atoms with Gasteiger partial charge in [0.1, 0.15) is 0 Å². The Morgan fingerprint density at radius 2 is 1.74 bits per heavy atom. The second-order valence-corrected chi connectivity index (χ2v) is 8.25. The number of carbonyl (C=O) groups excluding carboxylic acids is 1. The minimum atomic E-state index is 0.0781. The molecule has 102 valence electrons. The maximum Gasteiger partial charge on any atom is 0.261 e. The molecular weight excluding hydrogens is 278 g/mol. The summed E-state index contributed by atoms with van der Waals surface area (Å²) < 4.78 is 0.690.